The molecule has 0 fully saturated rings. The number of thiazole rings is 1. The Morgan fingerprint density at radius 1 is 1.21 bits per heavy atom. The Labute approximate surface area is 166 Å². The van der Waals surface area contributed by atoms with Crippen molar-refractivity contribution in [2.24, 2.45) is 0 Å². The number of amides is 2. The average molecular weight is 399 g/mol. The second-order valence-corrected chi connectivity index (χ2v) is 7.07. The molecule has 3 aromatic rings. The molecule has 2 N–H and O–H groups in total. The van der Waals surface area contributed by atoms with Crippen molar-refractivity contribution in [1.29, 1.82) is 0 Å². The molecule has 0 saturated heterocycles. The van der Waals surface area contributed by atoms with Crippen LogP contribution in [0.15, 0.2) is 48.2 Å². The van der Waals surface area contributed by atoms with E-state index >= 15 is 0 Å². The van der Waals surface area contributed by atoms with E-state index in [9.17, 15) is 9.59 Å². The monoisotopic (exact) mass is 399 g/mol. The van der Waals surface area contributed by atoms with Crippen molar-refractivity contribution < 1.29 is 14.3 Å². The van der Waals surface area contributed by atoms with Crippen molar-refractivity contribution >= 4 is 34.7 Å². The van der Waals surface area contributed by atoms with Crippen LogP contribution in [0.3, 0.4) is 0 Å². The van der Waals surface area contributed by atoms with Crippen molar-refractivity contribution in [2.45, 2.75) is 32.9 Å². The van der Waals surface area contributed by atoms with E-state index in [-0.39, 0.29) is 0 Å². The third-order valence-electron chi connectivity index (χ3n) is 3.99. The van der Waals surface area contributed by atoms with Crippen LogP contribution in [0.2, 0.25) is 0 Å². The van der Waals surface area contributed by atoms with Gasteiger partial charge in [-0.1, -0.05) is 18.2 Å². The Morgan fingerprint density at radius 2 is 2.00 bits per heavy atom. The van der Waals surface area contributed by atoms with Crippen LogP contribution in [-0.2, 0) is 22.5 Å². The number of hydrogen-bond acceptors (Lipinski definition) is 6. The molecule has 146 valence electrons. The molecule has 0 unspecified atom stereocenters. The van der Waals surface area contributed by atoms with E-state index in [1.54, 1.807) is 52.7 Å². The number of anilines is 2. The molecule has 0 aliphatic heterocycles. The molecule has 0 saturated carbocycles. The zero-order chi connectivity index (χ0) is 19.9. The lowest BCUT2D eigenvalue weighted by Crippen LogP contribution is -2.31. The van der Waals surface area contributed by atoms with Crippen LogP contribution in [-0.4, -0.2) is 32.9 Å². The Bertz CT molecular complexity index is 938. The minimum atomic E-state index is -0.952. The first-order chi connectivity index (χ1) is 13.5. The lowest BCUT2D eigenvalue weighted by molar-refractivity contribution is -0.123. The van der Waals surface area contributed by atoms with Crippen LogP contribution in [0.4, 0.5) is 16.2 Å². The number of nitrogens with one attached hydrogen (secondary N) is 2. The number of ether oxygens (including phenoxy) is 1. The Balaban J connectivity index is 1.46. The summed E-state index contributed by atoms with van der Waals surface area (Å²) in [6.07, 6.45) is 2.49. The fourth-order valence-electron chi connectivity index (χ4n) is 2.46. The van der Waals surface area contributed by atoms with Gasteiger partial charge in [0.25, 0.3) is 5.91 Å². The highest BCUT2D eigenvalue weighted by Crippen LogP contribution is 2.14. The molecule has 0 radical (unpaired) electrons. The molecule has 2 amide bonds. The first kappa shape index (κ1) is 19.6. The molecule has 8 nitrogen and oxygen atoms in total. The molecular formula is C19H21N5O3S. The van der Waals surface area contributed by atoms with Crippen LogP contribution in [0.1, 0.15) is 17.5 Å². The van der Waals surface area contributed by atoms with Crippen LogP contribution in [0.25, 0.3) is 0 Å². The first-order valence-corrected chi connectivity index (χ1v) is 9.64. The molecule has 9 heteroatoms. The maximum Gasteiger partial charge on any atom is 0.412 e. The molecule has 0 bridgehead atoms. The maximum absolute atomic E-state index is 12.2. The fourth-order valence-corrected chi connectivity index (χ4v) is 3.23. The van der Waals surface area contributed by atoms with Gasteiger partial charge in [-0.2, -0.15) is 5.10 Å². The van der Waals surface area contributed by atoms with Gasteiger partial charge in [0.15, 0.2) is 6.10 Å². The standard InChI is InChI=1S/C19H21N5O3S/c1-13-17(28-12-20-13)8-9-24-11-16(10-21-24)22-18(25)14(2)27-19(26)23-15-6-4-3-5-7-15/h3-7,10-12,14H,8-9H2,1-2H3,(H,22,25)(H,23,26)/t14-/m0/s1. The molecule has 3 rings (SSSR count). The summed E-state index contributed by atoms with van der Waals surface area (Å²) in [6, 6.07) is 8.88. The summed E-state index contributed by atoms with van der Waals surface area (Å²) in [7, 11) is 0. The normalized spacial score (nSPS) is 11.6. The van der Waals surface area contributed by atoms with E-state index in [1.165, 1.54) is 11.8 Å². The van der Waals surface area contributed by atoms with Crippen LogP contribution in [0, 0.1) is 6.92 Å². The number of para-hydroxylation sites is 1. The third kappa shape index (κ3) is 5.40. The Hall–Kier alpha value is -3.20. The van der Waals surface area contributed by atoms with Gasteiger partial charge in [-0.25, -0.2) is 9.78 Å². The van der Waals surface area contributed by atoms with Gasteiger partial charge >= 0.3 is 6.09 Å². The topological polar surface area (TPSA) is 98.1 Å². The van der Waals surface area contributed by atoms with E-state index in [4.69, 9.17) is 4.74 Å². The number of aryl methyl sites for hydroxylation is 3. The van der Waals surface area contributed by atoms with Gasteiger partial charge in [0.2, 0.25) is 0 Å². The van der Waals surface area contributed by atoms with Gasteiger partial charge in [-0.3, -0.25) is 14.8 Å². The molecule has 1 aromatic carbocycles. The molecule has 0 aliphatic carbocycles. The van der Waals surface area contributed by atoms with Crippen molar-refractivity contribution in [3.63, 3.8) is 0 Å². The number of rotatable bonds is 7. The number of nitrogens with zero attached hydrogens (tertiary/aromatic N) is 3. The van der Waals surface area contributed by atoms with Gasteiger partial charge in [-0.05, 0) is 26.0 Å². The molecule has 0 aliphatic rings. The van der Waals surface area contributed by atoms with Gasteiger partial charge in [0.05, 0.1) is 23.1 Å². The molecule has 0 spiro atoms. The summed E-state index contributed by atoms with van der Waals surface area (Å²) >= 11 is 1.62. The maximum atomic E-state index is 12.2. The van der Waals surface area contributed by atoms with Crippen molar-refractivity contribution in [3.05, 3.63) is 58.8 Å². The number of hydrogen-bond donors (Lipinski definition) is 2. The number of aromatic nitrogens is 3. The van der Waals surface area contributed by atoms with Crippen LogP contribution >= 0.6 is 11.3 Å². The van der Waals surface area contributed by atoms with Crippen molar-refractivity contribution in [2.75, 3.05) is 10.6 Å². The van der Waals surface area contributed by atoms with E-state index in [2.05, 4.69) is 20.7 Å². The van der Waals surface area contributed by atoms with Gasteiger partial charge < -0.3 is 10.1 Å². The van der Waals surface area contributed by atoms with E-state index in [0.717, 1.165) is 12.1 Å². The van der Waals surface area contributed by atoms with Gasteiger partial charge in [0.1, 0.15) is 0 Å². The SMILES string of the molecule is Cc1ncsc1CCn1cc(NC(=O)[C@H](C)OC(=O)Nc2ccccc2)cn1. The zero-order valence-corrected chi connectivity index (χ0v) is 16.4. The molecule has 2 aromatic heterocycles. The van der Waals surface area contributed by atoms with E-state index in [0.29, 0.717) is 17.9 Å². The lowest BCUT2D eigenvalue weighted by atomic mass is 10.3. The largest absolute Gasteiger partial charge is 0.436 e. The summed E-state index contributed by atoms with van der Waals surface area (Å²) in [6.45, 7) is 4.18. The summed E-state index contributed by atoms with van der Waals surface area (Å²) in [5.41, 5.74) is 4.00. The average Bonchev–Trinajstić information content (AvgIpc) is 3.29. The molecule has 1 atom stereocenters. The highest BCUT2D eigenvalue weighted by atomic mass is 32.1. The summed E-state index contributed by atoms with van der Waals surface area (Å²) in [4.78, 5) is 29.6. The van der Waals surface area contributed by atoms with Gasteiger partial charge in [-0.15, -0.1) is 11.3 Å². The second kappa shape index (κ2) is 9.14. The minimum absolute atomic E-state index is 0.430. The van der Waals surface area contributed by atoms with Crippen LogP contribution in [0.5, 0.6) is 0 Å². The fraction of sp³-hybridized carbons (Fsp3) is 0.263. The van der Waals surface area contributed by atoms with E-state index < -0.39 is 18.1 Å². The second-order valence-electron chi connectivity index (χ2n) is 6.13. The first-order valence-electron chi connectivity index (χ1n) is 8.76. The minimum Gasteiger partial charge on any atom is -0.436 e. The summed E-state index contributed by atoms with van der Waals surface area (Å²) in [5.74, 6) is -0.430. The highest BCUT2D eigenvalue weighted by molar-refractivity contribution is 7.09. The Kier molecular flexibility index (Phi) is 6.38. The Morgan fingerprint density at radius 3 is 2.71 bits per heavy atom. The highest BCUT2D eigenvalue weighted by Gasteiger charge is 2.18. The smallest absolute Gasteiger partial charge is 0.412 e. The molecular weight excluding hydrogens is 378 g/mol. The zero-order valence-electron chi connectivity index (χ0n) is 15.6. The van der Waals surface area contributed by atoms with Crippen LogP contribution < -0.4 is 10.6 Å². The van der Waals surface area contributed by atoms with Crippen molar-refractivity contribution in [3.8, 4) is 0 Å². The predicted molar refractivity (Wildman–Crippen MR) is 107 cm³/mol. The van der Waals surface area contributed by atoms with E-state index in [1.807, 2.05) is 18.5 Å². The molecule has 28 heavy (non-hydrogen) atoms. The van der Waals surface area contributed by atoms with Gasteiger partial charge in [0, 0.05) is 29.7 Å². The van der Waals surface area contributed by atoms with Crippen molar-refractivity contribution in [1.82, 2.24) is 14.8 Å². The number of carbonyl (C=O) groups excluding carboxylic acids is 2. The lowest BCUT2D eigenvalue weighted by Gasteiger charge is -2.13. The summed E-state index contributed by atoms with van der Waals surface area (Å²) in [5, 5.41) is 9.51. The summed E-state index contributed by atoms with van der Waals surface area (Å²) < 4.78 is 6.86. The third-order valence-corrected chi connectivity index (χ3v) is 4.98. The number of carbonyl (C=O) groups is 2. The molecule has 2 heterocycles. The number of benzene rings is 1. The quantitative estimate of drug-likeness (QED) is 0.634. The predicted octanol–water partition coefficient (Wildman–Crippen LogP) is 3.47.